The summed E-state index contributed by atoms with van der Waals surface area (Å²) in [7, 11) is 0. The quantitative estimate of drug-likeness (QED) is 0.869. The molecular weight excluding hydrogens is 236 g/mol. The largest absolute Gasteiger partial charge is 0.469 e. The molecule has 19 heavy (non-hydrogen) atoms. The Balaban J connectivity index is 1.70. The molecule has 0 amide bonds. The van der Waals surface area contributed by atoms with Gasteiger partial charge in [-0.05, 0) is 48.4 Å². The number of aliphatic hydroxyl groups excluding tert-OH is 1. The molecule has 3 rings (SSSR count). The lowest BCUT2D eigenvalue weighted by Crippen LogP contribution is -2.13. The van der Waals surface area contributed by atoms with E-state index in [4.69, 9.17) is 4.42 Å². The SMILES string of the molecule is OC(CCc1ccco1)c1ccccc1C1CCC1. The summed E-state index contributed by atoms with van der Waals surface area (Å²) in [5, 5.41) is 10.4. The Morgan fingerprint density at radius 1 is 1.16 bits per heavy atom. The van der Waals surface area contributed by atoms with E-state index in [9.17, 15) is 5.11 Å². The van der Waals surface area contributed by atoms with E-state index in [0.29, 0.717) is 5.92 Å². The van der Waals surface area contributed by atoms with Crippen molar-refractivity contribution in [3.8, 4) is 0 Å². The average molecular weight is 256 g/mol. The number of aryl methyl sites for hydroxylation is 1. The summed E-state index contributed by atoms with van der Waals surface area (Å²) in [4.78, 5) is 0. The molecule has 1 aromatic heterocycles. The highest BCUT2D eigenvalue weighted by Crippen LogP contribution is 2.40. The van der Waals surface area contributed by atoms with Gasteiger partial charge in [0.1, 0.15) is 5.76 Å². The third-order valence-electron chi connectivity index (χ3n) is 4.14. The van der Waals surface area contributed by atoms with E-state index in [-0.39, 0.29) is 6.10 Å². The number of rotatable bonds is 5. The first-order valence-electron chi connectivity index (χ1n) is 7.14. The molecule has 0 spiro atoms. The molecule has 1 atom stereocenters. The van der Waals surface area contributed by atoms with E-state index in [1.807, 2.05) is 18.2 Å². The van der Waals surface area contributed by atoms with Crippen LogP contribution >= 0.6 is 0 Å². The molecule has 100 valence electrons. The second-order valence-corrected chi connectivity index (χ2v) is 5.39. The van der Waals surface area contributed by atoms with Crippen molar-refractivity contribution in [3.63, 3.8) is 0 Å². The van der Waals surface area contributed by atoms with E-state index in [1.54, 1.807) is 6.26 Å². The lowest BCUT2D eigenvalue weighted by Gasteiger charge is -2.29. The second-order valence-electron chi connectivity index (χ2n) is 5.39. The van der Waals surface area contributed by atoms with Gasteiger partial charge < -0.3 is 9.52 Å². The summed E-state index contributed by atoms with van der Waals surface area (Å²) >= 11 is 0. The van der Waals surface area contributed by atoms with Crippen LogP contribution in [-0.2, 0) is 6.42 Å². The van der Waals surface area contributed by atoms with Crippen LogP contribution in [0.25, 0.3) is 0 Å². The number of benzene rings is 1. The molecule has 1 aliphatic rings. The molecule has 2 heteroatoms. The Morgan fingerprint density at radius 2 is 2.00 bits per heavy atom. The highest BCUT2D eigenvalue weighted by molar-refractivity contribution is 5.33. The van der Waals surface area contributed by atoms with Crippen LogP contribution in [0.1, 0.15) is 54.6 Å². The minimum atomic E-state index is -0.387. The fourth-order valence-electron chi connectivity index (χ4n) is 2.79. The lowest BCUT2D eigenvalue weighted by molar-refractivity contribution is 0.163. The summed E-state index contributed by atoms with van der Waals surface area (Å²) in [6.07, 6.45) is 6.65. The van der Waals surface area contributed by atoms with Gasteiger partial charge in [-0.1, -0.05) is 30.7 Å². The average Bonchev–Trinajstić information content (AvgIpc) is 2.88. The van der Waals surface area contributed by atoms with Crippen molar-refractivity contribution < 1.29 is 9.52 Å². The molecule has 0 aliphatic heterocycles. The molecule has 1 heterocycles. The molecule has 1 N–H and O–H groups in total. The van der Waals surface area contributed by atoms with Gasteiger partial charge in [0.25, 0.3) is 0 Å². The lowest BCUT2D eigenvalue weighted by atomic mass is 9.77. The van der Waals surface area contributed by atoms with E-state index < -0.39 is 0 Å². The van der Waals surface area contributed by atoms with Gasteiger partial charge >= 0.3 is 0 Å². The van der Waals surface area contributed by atoms with Crippen LogP contribution in [0.3, 0.4) is 0 Å². The summed E-state index contributed by atoms with van der Waals surface area (Å²) in [6, 6.07) is 12.2. The van der Waals surface area contributed by atoms with E-state index in [0.717, 1.165) is 24.2 Å². The van der Waals surface area contributed by atoms with Gasteiger partial charge in [-0.25, -0.2) is 0 Å². The zero-order valence-electron chi connectivity index (χ0n) is 11.1. The zero-order valence-corrected chi connectivity index (χ0v) is 11.1. The molecule has 2 aromatic rings. The van der Waals surface area contributed by atoms with Crippen molar-refractivity contribution in [1.82, 2.24) is 0 Å². The third kappa shape index (κ3) is 2.74. The highest BCUT2D eigenvalue weighted by Gasteiger charge is 2.24. The van der Waals surface area contributed by atoms with Crippen LogP contribution in [0.5, 0.6) is 0 Å². The monoisotopic (exact) mass is 256 g/mol. The number of aliphatic hydroxyl groups is 1. The predicted octanol–water partition coefficient (Wildman–Crippen LogP) is 4.21. The van der Waals surface area contributed by atoms with Crippen LogP contribution in [-0.4, -0.2) is 5.11 Å². The maximum atomic E-state index is 10.4. The van der Waals surface area contributed by atoms with Crippen molar-refractivity contribution in [2.45, 2.75) is 44.1 Å². The Hall–Kier alpha value is -1.54. The van der Waals surface area contributed by atoms with E-state index in [2.05, 4.69) is 18.2 Å². The molecule has 1 aliphatic carbocycles. The summed E-state index contributed by atoms with van der Waals surface area (Å²) < 4.78 is 5.32. The highest BCUT2D eigenvalue weighted by atomic mass is 16.3. The Morgan fingerprint density at radius 3 is 2.68 bits per heavy atom. The van der Waals surface area contributed by atoms with Crippen LogP contribution < -0.4 is 0 Å². The zero-order chi connectivity index (χ0) is 13.1. The van der Waals surface area contributed by atoms with Gasteiger partial charge in [-0.15, -0.1) is 0 Å². The molecule has 1 saturated carbocycles. The molecule has 1 aromatic carbocycles. The third-order valence-corrected chi connectivity index (χ3v) is 4.14. The first-order valence-corrected chi connectivity index (χ1v) is 7.14. The summed E-state index contributed by atoms with van der Waals surface area (Å²) in [5.74, 6) is 1.61. The molecule has 0 bridgehead atoms. The fraction of sp³-hybridized carbons (Fsp3) is 0.412. The number of hydrogen-bond acceptors (Lipinski definition) is 2. The first kappa shape index (κ1) is 12.5. The molecule has 2 nitrogen and oxygen atoms in total. The maximum Gasteiger partial charge on any atom is 0.103 e. The van der Waals surface area contributed by atoms with Crippen molar-refractivity contribution in [3.05, 3.63) is 59.5 Å². The van der Waals surface area contributed by atoms with Gasteiger partial charge in [-0.3, -0.25) is 0 Å². The standard InChI is InChI=1S/C17H20O2/c18-17(11-10-14-7-4-12-19-14)16-9-2-1-8-15(16)13-5-3-6-13/h1-2,4,7-9,12-13,17-18H,3,5-6,10-11H2. The molecular formula is C17H20O2. The van der Waals surface area contributed by atoms with Gasteiger partial charge in [0.15, 0.2) is 0 Å². The Bertz CT molecular complexity index is 512. The van der Waals surface area contributed by atoms with Gasteiger partial charge in [-0.2, -0.15) is 0 Å². The number of furan rings is 1. The maximum absolute atomic E-state index is 10.4. The Kier molecular flexibility index (Phi) is 3.69. The van der Waals surface area contributed by atoms with Crippen molar-refractivity contribution in [2.24, 2.45) is 0 Å². The van der Waals surface area contributed by atoms with Crippen LogP contribution in [0, 0.1) is 0 Å². The fourth-order valence-corrected chi connectivity index (χ4v) is 2.79. The van der Waals surface area contributed by atoms with Crippen LogP contribution in [0.15, 0.2) is 47.1 Å². The van der Waals surface area contributed by atoms with E-state index >= 15 is 0 Å². The minimum Gasteiger partial charge on any atom is -0.469 e. The molecule has 0 saturated heterocycles. The van der Waals surface area contributed by atoms with E-state index in [1.165, 1.54) is 24.8 Å². The minimum absolute atomic E-state index is 0.387. The normalized spacial score (nSPS) is 17.1. The van der Waals surface area contributed by atoms with Crippen molar-refractivity contribution >= 4 is 0 Å². The first-order chi connectivity index (χ1) is 9.34. The molecule has 0 radical (unpaired) electrons. The van der Waals surface area contributed by atoms with Crippen molar-refractivity contribution in [1.29, 1.82) is 0 Å². The summed E-state index contributed by atoms with van der Waals surface area (Å²) in [5.41, 5.74) is 2.46. The van der Waals surface area contributed by atoms with Gasteiger partial charge in [0, 0.05) is 6.42 Å². The molecule has 1 unspecified atom stereocenters. The van der Waals surface area contributed by atoms with Gasteiger partial charge in [0.05, 0.1) is 12.4 Å². The number of hydrogen-bond donors (Lipinski definition) is 1. The van der Waals surface area contributed by atoms with Gasteiger partial charge in [0.2, 0.25) is 0 Å². The molecule has 1 fully saturated rings. The second kappa shape index (κ2) is 5.62. The topological polar surface area (TPSA) is 33.4 Å². The smallest absolute Gasteiger partial charge is 0.103 e. The predicted molar refractivity (Wildman–Crippen MR) is 75.0 cm³/mol. The Labute approximate surface area is 114 Å². The summed E-state index contributed by atoms with van der Waals surface area (Å²) in [6.45, 7) is 0. The van der Waals surface area contributed by atoms with Crippen LogP contribution in [0.2, 0.25) is 0 Å². The van der Waals surface area contributed by atoms with Crippen molar-refractivity contribution in [2.75, 3.05) is 0 Å². The van der Waals surface area contributed by atoms with Crippen LogP contribution in [0.4, 0.5) is 0 Å².